The molecule has 0 radical (unpaired) electrons. The van der Waals surface area contributed by atoms with Crippen LogP contribution in [0.1, 0.15) is 41.7 Å². The number of pyridine rings is 1. The van der Waals surface area contributed by atoms with E-state index in [1.165, 1.54) is 25.1 Å². The highest BCUT2D eigenvalue weighted by Crippen LogP contribution is 2.27. The van der Waals surface area contributed by atoms with Crippen molar-refractivity contribution >= 4 is 5.91 Å². The van der Waals surface area contributed by atoms with Gasteiger partial charge in [0.25, 0.3) is 5.91 Å². The lowest BCUT2D eigenvalue weighted by atomic mass is 9.98. The van der Waals surface area contributed by atoms with E-state index in [9.17, 15) is 9.59 Å². The number of carbonyl (C=O) groups excluding carboxylic acids is 1. The molecule has 0 aromatic carbocycles. The van der Waals surface area contributed by atoms with Crippen molar-refractivity contribution in [2.75, 3.05) is 6.54 Å². The zero-order chi connectivity index (χ0) is 13.8. The minimum absolute atomic E-state index is 0.0318. The Morgan fingerprint density at radius 2 is 2.21 bits per heavy atom. The van der Waals surface area contributed by atoms with Gasteiger partial charge in [-0.2, -0.15) is 0 Å². The summed E-state index contributed by atoms with van der Waals surface area (Å²) < 4.78 is 0. The van der Waals surface area contributed by atoms with Crippen molar-refractivity contribution in [1.82, 2.24) is 10.3 Å². The number of hydrogen-bond donors (Lipinski definition) is 3. The number of rotatable bonds is 4. The molecular weight excluding hydrogens is 242 g/mol. The fourth-order valence-corrected chi connectivity index (χ4v) is 2.73. The molecule has 1 fully saturated rings. The second kappa shape index (κ2) is 6.02. The topological polar surface area (TPSA) is 88.0 Å². The van der Waals surface area contributed by atoms with E-state index in [4.69, 9.17) is 5.73 Å². The van der Waals surface area contributed by atoms with Gasteiger partial charge in [-0.3, -0.25) is 9.59 Å². The number of amides is 1. The number of aromatic nitrogens is 1. The molecular formula is C14H21N3O2. The Hall–Kier alpha value is -1.62. The van der Waals surface area contributed by atoms with Gasteiger partial charge >= 0.3 is 0 Å². The number of carbonyl (C=O) groups is 1. The fraction of sp³-hybridized carbons (Fsp3) is 0.571. The third-order valence-electron chi connectivity index (χ3n) is 3.84. The molecule has 5 nitrogen and oxygen atoms in total. The quantitative estimate of drug-likeness (QED) is 0.755. The molecule has 104 valence electrons. The molecule has 5 heteroatoms. The van der Waals surface area contributed by atoms with Gasteiger partial charge in [-0.25, -0.2) is 0 Å². The van der Waals surface area contributed by atoms with Gasteiger partial charge in [0.15, 0.2) is 5.43 Å². The zero-order valence-corrected chi connectivity index (χ0v) is 11.2. The molecule has 19 heavy (non-hydrogen) atoms. The summed E-state index contributed by atoms with van der Waals surface area (Å²) in [4.78, 5) is 26.8. The summed E-state index contributed by atoms with van der Waals surface area (Å²) in [6.45, 7) is 2.20. The van der Waals surface area contributed by atoms with Crippen LogP contribution in [-0.2, 0) is 0 Å². The smallest absolute Gasteiger partial charge is 0.257 e. The van der Waals surface area contributed by atoms with Gasteiger partial charge in [0.2, 0.25) is 0 Å². The van der Waals surface area contributed by atoms with E-state index in [1.54, 1.807) is 6.92 Å². The first-order chi connectivity index (χ1) is 9.11. The number of nitrogens with one attached hydrogen (secondary N) is 2. The molecule has 0 aliphatic heterocycles. The van der Waals surface area contributed by atoms with E-state index in [0.717, 1.165) is 18.5 Å². The summed E-state index contributed by atoms with van der Waals surface area (Å²) in [5.74, 6) is 0.113. The lowest BCUT2D eigenvalue weighted by Crippen LogP contribution is -2.45. The number of aryl methyl sites for hydroxylation is 1. The van der Waals surface area contributed by atoms with Gasteiger partial charge in [-0.15, -0.1) is 0 Å². The summed E-state index contributed by atoms with van der Waals surface area (Å²) >= 11 is 0. The molecule has 1 saturated carbocycles. The van der Waals surface area contributed by atoms with Crippen LogP contribution < -0.4 is 16.5 Å². The Balaban J connectivity index is 2.08. The Bertz CT molecular complexity index is 504. The number of aromatic amines is 1. The molecule has 1 aliphatic rings. The highest BCUT2D eigenvalue weighted by Gasteiger charge is 2.26. The second-order valence-electron chi connectivity index (χ2n) is 5.25. The van der Waals surface area contributed by atoms with Crippen LogP contribution in [0.25, 0.3) is 0 Å². The zero-order valence-electron chi connectivity index (χ0n) is 11.2. The third kappa shape index (κ3) is 3.23. The molecule has 0 bridgehead atoms. The molecule has 1 heterocycles. The van der Waals surface area contributed by atoms with Crippen molar-refractivity contribution < 1.29 is 4.79 Å². The Morgan fingerprint density at radius 3 is 2.79 bits per heavy atom. The van der Waals surface area contributed by atoms with Gasteiger partial charge in [-0.05, 0) is 25.7 Å². The van der Waals surface area contributed by atoms with E-state index in [2.05, 4.69) is 10.3 Å². The monoisotopic (exact) mass is 263 g/mol. The van der Waals surface area contributed by atoms with Crippen molar-refractivity contribution in [3.05, 3.63) is 33.7 Å². The summed E-state index contributed by atoms with van der Waals surface area (Å²) in [5, 5.41) is 2.90. The van der Waals surface area contributed by atoms with E-state index < -0.39 is 0 Å². The molecule has 2 rings (SSSR count). The highest BCUT2D eigenvalue weighted by atomic mass is 16.2. The molecule has 1 aliphatic carbocycles. The van der Waals surface area contributed by atoms with E-state index >= 15 is 0 Å². The fourth-order valence-electron chi connectivity index (χ4n) is 2.73. The molecule has 1 atom stereocenters. The number of nitrogens with two attached hydrogens (primary N) is 1. The summed E-state index contributed by atoms with van der Waals surface area (Å²) in [7, 11) is 0. The predicted octanol–water partition coefficient (Wildman–Crippen LogP) is 0.931. The molecule has 0 spiro atoms. The Labute approximate surface area is 112 Å². The molecule has 4 N–H and O–H groups in total. The molecule has 1 aromatic rings. The van der Waals surface area contributed by atoms with Gasteiger partial charge < -0.3 is 16.0 Å². The maximum absolute atomic E-state index is 12.1. The van der Waals surface area contributed by atoms with E-state index in [0.29, 0.717) is 12.5 Å². The standard InChI is InChI=1S/C14H21N3O2/c1-9-6-13(18)11(8-16-9)14(19)17-12(7-15)10-4-2-3-5-10/h6,8,10,12H,2-5,7,15H2,1H3,(H,16,18)(H,17,19). The van der Waals surface area contributed by atoms with Crippen molar-refractivity contribution in [3.63, 3.8) is 0 Å². The maximum Gasteiger partial charge on any atom is 0.257 e. The van der Waals surface area contributed by atoms with Gasteiger partial charge in [0.1, 0.15) is 5.56 Å². The van der Waals surface area contributed by atoms with Crippen LogP contribution in [0.15, 0.2) is 17.1 Å². The molecule has 0 saturated heterocycles. The number of H-pyrrole nitrogens is 1. The summed E-state index contributed by atoms with van der Waals surface area (Å²) in [6, 6.07) is 1.40. The number of hydrogen-bond acceptors (Lipinski definition) is 3. The van der Waals surface area contributed by atoms with Crippen LogP contribution in [0.3, 0.4) is 0 Å². The van der Waals surface area contributed by atoms with Gasteiger partial charge in [-0.1, -0.05) is 12.8 Å². The normalized spacial score (nSPS) is 17.4. The Kier molecular flexibility index (Phi) is 4.37. The van der Waals surface area contributed by atoms with Crippen LogP contribution in [0.5, 0.6) is 0 Å². The SMILES string of the molecule is Cc1cc(=O)c(C(=O)NC(CN)C2CCCC2)c[nH]1. The van der Waals surface area contributed by atoms with Gasteiger partial charge in [0, 0.05) is 30.5 Å². The van der Waals surface area contributed by atoms with E-state index in [-0.39, 0.29) is 22.9 Å². The molecule has 1 unspecified atom stereocenters. The minimum atomic E-state index is -0.330. The van der Waals surface area contributed by atoms with Crippen LogP contribution in [-0.4, -0.2) is 23.5 Å². The average Bonchev–Trinajstić information content (AvgIpc) is 2.89. The summed E-state index contributed by atoms with van der Waals surface area (Å²) in [6.07, 6.45) is 6.07. The first-order valence-corrected chi connectivity index (χ1v) is 6.82. The van der Waals surface area contributed by atoms with Crippen LogP contribution in [0.2, 0.25) is 0 Å². The first-order valence-electron chi connectivity index (χ1n) is 6.82. The molecule has 1 amide bonds. The van der Waals surface area contributed by atoms with Crippen molar-refractivity contribution in [2.24, 2.45) is 11.7 Å². The van der Waals surface area contributed by atoms with E-state index in [1.807, 2.05) is 0 Å². The Morgan fingerprint density at radius 1 is 1.53 bits per heavy atom. The lowest BCUT2D eigenvalue weighted by Gasteiger charge is -2.23. The van der Waals surface area contributed by atoms with Crippen molar-refractivity contribution in [3.8, 4) is 0 Å². The summed E-state index contributed by atoms with van der Waals surface area (Å²) in [5.41, 5.74) is 6.38. The van der Waals surface area contributed by atoms with Crippen molar-refractivity contribution in [2.45, 2.75) is 38.6 Å². The second-order valence-corrected chi connectivity index (χ2v) is 5.25. The highest BCUT2D eigenvalue weighted by molar-refractivity contribution is 5.94. The van der Waals surface area contributed by atoms with Gasteiger partial charge in [0.05, 0.1) is 0 Å². The average molecular weight is 263 g/mol. The minimum Gasteiger partial charge on any atom is -0.364 e. The van der Waals surface area contributed by atoms with Crippen molar-refractivity contribution in [1.29, 1.82) is 0 Å². The third-order valence-corrected chi connectivity index (χ3v) is 3.84. The van der Waals surface area contributed by atoms with Crippen LogP contribution in [0, 0.1) is 12.8 Å². The van der Waals surface area contributed by atoms with Crippen LogP contribution >= 0.6 is 0 Å². The largest absolute Gasteiger partial charge is 0.364 e. The predicted molar refractivity (Wildman–Crippen MR) is 74.1 cm³/mol. The lowest BCUT2D eigenvalue weighted by molar-refractivity contribution is 0.0922. The van der Waals surface area contributed by atoms with Crippen LogP contribution in [0.4, 0.5) is 0 Å². The first kappa shape index (κ1) is 13.8. The molecule has 1 aromatic heterocycles. The maximum atomic E-state index is 12.1.